The maximum atomic E-state index is 13.2. The number of nitrogens with one attached hydrogen (secondary N) is 1. The molecule has 0 bridgehead atoms. The van der Waals surface area contributed by atoms with Crippen molar-refractivity contribution in [1.29, 1.82) is 0 Å². The van der Waals surface area contributed by atoms with Crippen LogP contribution in [0, 0.1) is 6.92 Å². The van der Waals surface area contributed by atoms with Gasteiger partial charge in [0, 0.05) is 11.1 Å². The van der Waals surface area contributed by atoms with Gasteiger partial charge in [-0.2, -0.15) is 0 Å². The van der Waals surface area contributed by atoms with E-state index >= 15 is 0 Å². The normalized spacial score (nSPS) is 11.3. The summed E-state index contributed by atoms with van der Waals surface area (Å²) in [6.07, 6.45) is 0. The molecule has 0 saturated carbocycles. The maximum Gasteiger partial charge on any atom is 0.337 e. The minimum Gasteiger partial charge on any atom is -0.493 e. The lowest BCUT2D eigenvalue weighted by Crippen LogP contribution is -2.22. The van der Waals surface area contributed by atoms with Crippen LogP contribution in [-0.2, 0) is 4.74 Å². The molecule has 0 saturated heterocycles. The van der Waals surface area contributed by atoms with Crippen LogP contribution in [-0.4, -0.2) is 31.1 Å². The highest BCUT2D eigenvalue weighted by Crippen LogP contribution is 2.25. The highest BCUT2D eigenvalue weighted by Gasteiger charge is 2.16. The second-order valence-corrected chi connectivity index (χ2v) is 7.12. The lowest BCUT2D eigenvalue weighted by atomic mass is 10.1. The molecule has 8 nitrogen and oxygen atoms in total. The second kappa shape index (κ2) is 9.35. The van der Waals surface area contributed by atoms with Gasteiger partial charge in [0.2, 0.25) is 5.55 Å². The number of carbonyl (C=O) groups is 2. The first-order valence-electron chi connectivity index (χ1n) is 10.1. The van der Waals surface area contributed by atoms with Crippen LogP contribution in [0.25, 0.3) is 11.0 Å². The average Bonchev–Trinajstić information content (AvgIpc) is 2.83. The molecule has 4 rings (SSSR count). The van der Waals surface area contributed by atoms with Crippen LogP contribution in [0.1, 0.15) is 26.4 Å². The van der Waals surface area contributed by atoms with E-state index in [2.05, 4.69) is 15.3 Å². The van der Waals surface area contributed by atoms with Gasteiger partial charge >= 0.3 is 5.97 Å². The number of amides is 1. The fourth-order valence-corrected chi connectivity index (χ4v) is 3.26. The van der Waals surface area contributed by atoms with Gasteiger partial charge in [-0.1, -0.05) is 24.3 Å². The van der Waals surface area contributed by atoms with Crippen molar-refractivity contribution in [3.8, 4) is 5.75 Å². The first-order chi connectivity index (χ1) is 16.0. The maximum absolute atomic E-state index is 13.2. The Morgan fingerprint density at radius 1 is 1.00 bits per heavy atom. The van der Waals surface area contributed by atoms with E-state index in [0.717, 1.165) is 5.69 Å². The molecule has 0 fully saturated rings. The van der Waals surface area contributed by atoms with Gasteiger partial charge in [0.05, 0.1) is 25.5 Å². The molecule has 0 aliphatic rings. The van der Waals surface area contributed by atoms with Gasteiger partial charge in [-0.15, -0.1) is 0 Å². The van der Waals surface area contributed by atoms with Crippen molar-refractivity contribution < 1.29 is 23.5 Å². The Morgan fingerprint density at radius 2 is 1.79 bits per heavy atom. The molecule has 8 heteroatoms. The van der Waals surface area contributed by atoms with Gasteiger partial charge in [-0.05, 0) is 49.4 Å². The molecular weight excluding hydrogens is 422 g/mol. The number of ether oxygens (including phenoxy) is 2. The van der Waals surface area contributed by atoms with Crippen molar-refractivity contribution in [1.82, 2.24) is 4.98 Å². The van der Waals surface area contributed by atoms with E-state index < -0.39 is 11.9 Å². The van der Waals surface area contributed by atoms with Crippen LogP contribution in [0.3, 0.4) is 0 Å². The number of esters is 1. The Kier molecular flexibility index (Phi) is 6.17. The number of aryl methyl sites for hydroxylation is 1. The molecule has 0 unspecified atom stereocenters. The van der Waals surface area contributed by atoms with E-state index in [9.17, 15) is 9.59 Å². The number of para-hydroxylation sites is 1. The molecular formula is C25H21N3O5. The van der Waals surface area contributed by atoms with E-state index in [1.165, 1.54) is 14.2 Å². The third kappa shape index (κ3) is 4.74. The van der Waals surface area contributed by atoms with Gasteiger partial charge in [0.1, 0.15) is 11.4 Å². The number of hydrogen-bond acceptors (Lipinski definition) is 7. The highest BCUT2D eigenvalue weighted by atomic mass is 16.5. The van der Waals surface area contributed by atoms with E-state index in [0.29, 0.717) is 33.8 Å². The van der Waals surface area contributed by atoms with E-state index in [4.69, 9.17) is 13.9 Å². The third-order valence-corrected chi connectivity index (χ3v) is 4.83. The molecule has 0 atom stereocenters. The zero-order valence-electron chi connectivity index (χ0n) is 18.3. The number of hydrogen-bond donors (Lipinski definition) is 1. The van der Waals surface area contributed by atoms with Gasteiger partial charge in [0.15, 0.2) is 11.3 Å². The molecule has 2 aromatic carbocycles. The number of methoxy groups -OCH3 is 2. The SMILES string of the molecule is COC(=O)c1cccc(N=c2oc3c(OC)cccc3cc2C(=O)Nc2cccc(C)n2)c1. The van der Waals surface area contributed by atoms with Crippen LogP contribution in [0.2, 0.25) is 0 Å². The molecule has 0 aliphatic carbocycles. The van der Waals surface area contributed by atoms with Crippen LogP contribution in [0.5, 0.6) is 5.75 Å². The number of nitrogens with zero attached hydrogens (tertiary/aromatic N) is 2. The molecule has 4 aromatic rings. The Balaban J connectivity index is 1.88. The summed E-state index contributed by atoms with van der Waals surface area (Å²) >= 11 is 0. The summed E-state index contributed by atoms with van der Waals surface area (Å²) in [5, 5.41) is 3.45. The minimum atomic E-state index is -0.493. The molecule has 1 amide bonds. The molecule has 2 heterocycles. The minimum absolute atomic E-state index is 0.0548. The van der Waals surface area contributed by atoms with Crippen molar-refractivity contribution in [3.63, 3.8) is 0 Å². The summed E-state index contributed by atoms with van der Waals surface area (Å²) in [6, 6.07) is 18.9. The first kappa shape index (κ1) is 21.8. The van der Waals surface area contributed by atoms with E-state index in [-0.39, 0.29) is 11.1 Å². The summed E-state index contributed by atoms with van der Waals surface area (Å²) in [7, 11) is 2.84. The molecule has 1 N–H and O–H groups in total. The summed E-state index contributed by atoms with van der Waals surface area (Å²) in [5.74, 6) is -0.0268. The topological polar surface area (TPSA) is 103 Å². The van der Waals surface area contributed by atoms with Crippen LogP contribution < -0.4 is 15.6 Å². The largest absolute Gasteiger partial charge is 0.493 e. The molecule has 2 aromatic heterocycles. The fraction of sp³-hybridized carbons (Fsp3) is 0.120. The fourth-order valence-electron chi connectivity index (χ4n) is 3.26. The molecule has 166 valence electrons. The first-order valence-corrected chi connectivity index (χ1v) is 10.1. The average molecular weight is 443 g/mol. The summed E-state index contributed by atoms with van der Waals surface area (Å²) in [5.41, 5.74) is 2.20. The van der Waals surface area contributed by atoms with Crippen molar-refractivity contribution in [2.45, 2.75) is 6.92 Å². The quantitative estimate of drug-likeness (QED) is 0.458. The van der Waals surface area contributed by atoms with Crippen molar-refractivity contribution in [2.24, 2.45) is 4.99 Å². The van der Waals surface area contributed by atoms with E-state index in [1.807, 2.05) is 19.1 Å². The number of rotatable bonds is 5. The monoisotopic (exact) mass is 443 g/mol. The Hall–Kier alpha value is -4.46. The predicted octanol–water partition coefficient (Wildman–Crippen LogP) is 4.42. The van der Waals surface area contributed by atoms with E-state index in [1.54, 1.807) is 54.6 Å². The standard InChI is InChI=1S/C25H21N3O5/c1-15-7-4-12-21(26-15)28-23(29)19-14-16-8-6-11-20(31-2)22(16)33-24(19)27-18-10-5-9-17(13-18)25(30)32-3/h4-14H,1-3H3,(H,26,28,29). The number of anilines is 1. The number of aromatic nitrogens is 1. The molecule has 33 heavy (non-hydrogen) atoms. The second-order valence-electron chi connectivity index (χ2n) is 7.12. The number of fused-ring (bicyclic) bond motifs is 1. The van der Waals surface area contributed by atoms with Crippen molar-refractivity contribution in [3.05, 3.63) is 89.1 Å². The number of benzene rings is 2. The van der Waals surface area contributed by atoms with Crippen LogP contribution >= 0.6 is 0 Å². The smallest absolute Gasteiger partial charge is 0.337 e. The van der Waals surface area contributed by atoms with Crippen molar-refractivity contribution >= 4 is 34.4 Å². The Labute approximate surface area is 189 Å². The summed E-state index contributed by atoms with van der Waals surface area (Å²) in [4.78, 5) is 33.9. The molecule has 0 aliphatic heterocycles. The van der Waals surface area contributed by atoms with Gasteiger partial charge in [-0.3, -0.25) is 4.79 Å². The third-order valence-electron chi connectivity index (χ3n) is 4.83. The Bertz CT molecular complexity index is 1430. The van der Waals surface area contributed by atoms with Gasteiger partial charge in [-0.25, -0.2) is 14.8 Å². The Morgan fingerprint density at radius 3 is 2.55 bits per heavy atom. The zero-order chi connectivity index (χ0) is 23.4. The van der Waals surface area contributed by atoms with Crippen molar-refractivity contribution in [2.75, 3.05) is 19.5 Å². The number of carbonyl (C=O) groups excluding carboxylic acids is 2. The molecule has 0 spiro atoms. The molecule has 0 radical (unpaired) electrons. The van der Waals surface area contributed by atoms with Crippen LogP contribution in [0.4, 0.5) is 11.5 Å². The van der Waals surface area contributed by atoms with Crippen LogP contribution in [0.15, 0.2) is 76.1 Å². The zero-order valence-corrected chi connectivity index (χ0v) is 18.3. The van der Waals surface area contributed by atoms with Gasteiger partial charge < -0.3 is 19.2 Å². The highest BCUT2D eigenvalue weighted by molar-refractivity contribution is 6.05. The number of pyridine rings is 1. The van der Waals surface area contributed by atoms with Gasteiger partial charge in [0.25, 0.3) is 5.91 Å². The summed E-state index contributed by atoms with van der Waals surface area (Å²) < 4.78 is 16.2. The summed E-state index contributed by atoms with van der Waals surface area (Å²) in [6.45, 7) is 1.84. The lowest BCUT2D eigenvalue weighted by Gasteiger charge is -2.09. The lowest BCUT2D eigenvalue weighted by molar-refractivity contribution is 0.0600. The predicted molar refractivity (Wildman–Crippen MR) is 123 cm³/mol.